The van der Waals surface area contributed by atoms with Gasteiger partial charge in [-0.15, -0.1) is 34.0 Å². The molecule has 3 saturated heterocycles. The smallest absolute Gasteiger partial charge is 0.338 e. The molecule has 0 amide bonds. The third-order valence-corrected chi connectivity index (χ3v) is 25.0. The van der Waals surface area contributed by atoms with Gasteiger partial charge in [0, 0.05) is 167 Å². The highest BCUT2D eigenvalue weighted by Gasteiger charge is 2.63. The van der Waals surface area contributed by atoms with Crippen molar-refractivity contribution in [2.75, 3.05) is 59.6 Å². The van der Waals surface area contributed by atoms with Crippen molar-refractivity contribution in [1.82, 2.24) is 45.6 Å². The van der Waals surface area contributed by atoms with E-state index in [2.05, 4.69) is 30.9 Å². The molecule has 115 heavy (non-hydrogen) atoms. The molecule has 6 aliphatic rings. The van der Waals surface area contributed by atoms with Crippen molar-refractivity contribution in [3.63, 3.8) is 0 Å². The van der Waals surface area contributed by atoms with Gasteiger partial charge in [0.05, 0.1) is 56.7 Å². The number of hydrogen-bond acceptors (Lipinski definition) is 24. The predicted molar refractivity (Wildman–Crippen MR) is 427 cm³/mol. The average molecular weight is 1760 g/mol. The van der Waals surface area contributed by atoms with Gasteiger partial charge in [0.2, 0.25) is 0 Å². The van der Waals surface area contributed by atoms with E-state index in [-0.39, 0.29) is 98.1 Å². The quantitative estimate of drug-likeness (QED) is 0.0167. The lowest BCUT2D eigenvalue weighted by molar-refractivity contribution is -0.139. The summed E-state index contributed by atoms with van der Waals surface area (Å²) in [7, 11) is 1.22. The molecular weight excluding hydrogens is 1670 g/mol. The lowest BCUT2D eigenvalue weighted by Gasteiger charge is -2.35. The Kier molecular flexibility index (Phi) is 28.6. The van der Waals surface area contributed by atoms with Gasteiger partial charge in [-0.3, -0.25) is 44.1 Å². The first-order valence-corrected chi connectivity index (χ1v) is 40.7. The van der Waals surface area contributed by atoms with E-state index in [0.717, 1.165) is 0 Å². The number of aliphatic imine (C=N–C) groups is 3. The monoisotopic (exact) mass is 1750 g/mol. The van der Waals surface area contributed by atoms with E-state index in [0.29, 0.717) is 81.4 Å². The van der Waals surface area contributed by atoms with E-state index in [9.17, 15) is 44.1 Å². The van der Waals surface area contributed by atoms with Gasteiger partial charge in [-0.2, -0.15) is 0 Å². The van der Waals surface area contributed by atoms with Crippen LogP contribution in [-0.2, 0) is 43.0 Å². The molecule has 6 N–H and O–H groups in total. The largest absolute Gasteiger partial charge is 0.481 e. The highest BCUT2D eigenvalue weighted by atomic mass is 35.5. The maximum atomic E-state index is 15.2. The van der Waals surface area contributed by atoms with E-state index < -0.39 is 126 Å². The van der Waals surface area contributed by atoms with E-state index in [1.807, 2.05) is 0 Å². The maximum Gasteiger partial charge on any atom is 0.338 e. The third-order valence-electron chi connectivity index (χ3n) is 21.2. The molecule has 6 aliphatic heterocycles. The minimum Gasteiger partial charge on any atom is -0.481 e. The molecule has 9 heterocycles. The minimum absolute atomic E-state index is 0.0125. The Morgan fingerprint density at radius 3 is 1.04 bits per heavy atom. The Morgan fingerprint density at radius 1 is 0.470 bits per heavy atom. The Labute approximate surface area is 695 Å². The van der Waals surface area contributed by atoms with Crippen LogP contribution >= 0.6 is 92.0 Å². The van der Waals surface area contributed by atoms with Gasteiger partial charge in [-0.05, 0) is 63.4 Å². The summed E-state index contributed by atoms with van der Waals surface area (Å²) in [5, 5.41) is 45.8. The number of esters is 3. The number of carbonyl (C=O) groups is 6. The van der Waals surface area contributed by atoms with Crippen LogP contribution in [0.5, 0.6) is 0 Å². The van der Waals surface area contributed by atoms with Gasteiger partial charge in [-0.25, -0.2) is 55.7 Å². The van der Waals surface area contributed by atoms with E-state index >= 15 is 26.3 Å². The van der Waals surface area contributed by atoms with Crippen molar-refractivity contribution < 1.29 is 84.6 Å². The number of amidine groups is 3. The molecule has 38 heteroatoms. The molecule has 0 spiro atoms. The summed E-state index contributed by atoms with van der Waals surface area (Å²) in [5.41, 5.74) is -1.69. The number of likely N-dealkylation sites (tertiary alicyclic amines) is 3. The van der Waals surface area contributed by atoms with Crippen LogP contribution in [0.15, 0.2) is 144 Å². The molecule has 0 aliphatic carbocycles. The lowest BCUT2D eigenvalue weighted by Crippen LogP contribution is -2.44. The summed E-state index contributed by atoms with van der Waals surface area (Å²) >= 11 is 35.7. The number of aliphatic carboxylic acids is 3. The number of rotatable bonds is 26. The number of nitrogens with one attached hydrogen (secondary N) is 3. The molecule has 0 saturated carbocycles. The van der Waals surface area contributed by atoms with Crippen LogP contribution in [0.3, 0.4) is 0 Å². The third kappa shape index (κ3) is 19.7. The van der Waals surface area contributed by atoms with Crippen molar-refractivity contribution in [3.8, 4) is 0 Å². The van der Waals surface area contributed by atoms with Crippen molar-refractivity contribution >= 4 is 145 Å². The number of benzene rings is 3. The van der Waals surface area contributed by atoms with Crippen LogP contribution in [0.2, 0.25) is 25.1 Å². The second-order valence-electron chi connectivity index (χ2n) is 29.3. The molecule has 0 radical (unpaired) electrons. The first-order chi connectivity index (χ1) is 54.2. The zero-order valence-electron chi connectivity index (χ0n) is 63.5. The van der Waals surface area contributed by atoms with Crippen LogP contribution in [0.25, 0.3) is 0 Å². The minimum atomic E-state index is -3.10. The second-order valence-corrected chi connectivity index (χ2v) is 34.1. The SMILES string of the molecule is CCOC(=O)C1=C(CN2CC(F)(F)C(C)(C)[C@@H]2CCC(=O)O)NC(c2nccs2)=N[C@H]1c1ccc(Cl)cc1Cl.CCOC(=O)C1=C(CN2CC(F)(F)C(C)(C)[C@@H]2CCC(=O)O)NC(c2nccs2)=N[C@H]1c1ccccc1Cl.COC(=O)C1=C(CN2CC(F)(F)C(C)(C)[C@@H]2CCC(=O)O)NC(c2nccs2)=N[C@H]1c1ccc(Cl)cc1Cl. The lowest BCUT2D eigenvalue weighted by atomic mass is 9.79. The number of carboxylic acid groups (broad SMARTS) is 3. The summed E-state index contributed by atoms with van der Waals surface area (Å²) in [6, 6.07) is 11.5. The van der Waals surface area contributed by atoms with Gasteiger partial charge in [-0.1, -0.05) is 130 Å². The van der Waals surface area contributed by atoms with Crippen molar-refractivity contribution in [3.05, 3.63) is 186 Å². The molecular formula is C77H83Cl5F6N12O12S3. The first-order valence-electron chi connectivity index (χ1n) is 36.2. The number of carbonyl (C=O) groups excluding carboxylic acids is 3. The van der Waals surface area contributed by atoms with E-state index in [4.69, 9.17) is 87.2 Å². The van der Waals surface area contributed by atoms with Gasteiger partial charge in [0.1, 0.15) is 18.1 Å². The van der Waals surface area contributed by atoms with Gasteiger partial charge < -0.3 is 45.5 Å². The van der Waals surface area contributed by atoms with Crippen molar-refractivity contribution in [2.45, 2.75) is 148 Å². The summed E-state index contributed by atoms with van der Waals surface area (Å²) in [6.07, 6.45) is 4.07. The number of aromatic nitrogens is 3. The van der Waals surface area contributed by atoms with Crippen LogP contribution in [0.4, 0.5) is 26.3 Å². The van der Waals surface area contributed by atoms with E-state index in [1.165, 1.54) is 105 Å². The summed E-state index contributed by atoms with van der Waals surface area (Å²) in [6.45, 7) is 10.0. The molecule has 3 aromatic heterocycles. The van der Waals surface area contributed by atoms with Crippen molar-refractivity contribution in [1.29, 1.82) is 0 Å². The van der Waals surface area contributed by atoms with Gasteiger partial charge in [0.25, 0.3) is 17.8 Å². The normalized spacial score (nSPS) is 22.6. The summed E-state index contributed by atoms with van der Waals surface area (Å²) in [5.74, 6) is -13.4. The second kappa shape index (κ2) is 36.8. The number of hydrogen-bond donors (Lipinski definition) is 6. The summed E-state index contributed by atoms with van der Waals surface area (Å²) in [4.78, 5) is 106. The van der Waals surface area contributed by atoms with Crippen molar-refractivity contribution in [2.24, 2.45) is 31.2 Å². The van der Waals surface area contributed by atoms with Crippen LogP contribution in [-0.4, -0.2) is 194 Å². The topological polar surface area (TPSA) is 312 Å². The van der Waals surface area contributed by atoms with Crippen LogP contribution in [0, 0.1) is 16.2 Å². The number of thiazole rings is 3. The molecule has 3 aromatic carbocycles. The molecule has 0 bridgehead atoms. The number of halogens is 11. The molecule has 6 atom stereocenters. The Bertz CT molecular complexity index is 4820. The van der Waals surface area contributed by atoms with Crippen LogP contribution < -0.4 is 16.0 Å². The fraction of sp³-hybridized carbons (Fsp3) is 0.455. The Hall–Kier alpha value is -8.09. The Morgan fingerprint density at radius 2 is 0.774 bits per heavy atom. The zero-order chi connectivity index (χ0) is 84.0. The van der Waals surface area contributed by atoms with Gasteiger partial charge in [0.15, 0.2) is 32.5 Å². The number of carboxylic acids is 3. The summed E-state index contributed by atoms with van der Waals surface area (Å²) < 4.78 is 107. The fourth-order valence-electron chi connectivity index (χ4n) is 14.9. The number of methoxy groups -OCH3 is 1. The molecule has 6 aromatic rings. The number of nitrogens with zero attached hydrogens (tertiary/aromatic N) is 9. The average Bonchev–Trinajstić information content (AvgIpc) is 1.74. The highest BCUT2D eigenvalue weighted by Crippen LogP contribution is 2.53. The fourth-order valence-corrected chi connectivity index (χ4v) is 17.9. The predicted octanol–water partition coefficient (Wildman–Crippen LogP) is 15.7. The van der Waals surface area contributed by atoms with Gasteiger partial charge >= 0.3 is 35.8 Å². The number of alkyl halides is 6. The number of ether oxygens (including phenoxy) is 3. The molecule has 0 unspecified atom stereocenters. The maximum absolute atomic E-state index is 15.2. The Balaban J connectivity index is 0.000000182. The standard InChI is InChI=1S/C26H28Cl2F2N4O4S.C26H29ClF2N4O4S.C25H26Cl2F2N4O4S/c1-4-38-24(37)20-17(12-34-13-26(29,30)25(2,3)18(34)7-8-19(35)36)32-22(23-31-9-10-39-23)33-21(20)15-6-5-14(27)11-16(15)28;1-4-37-24(36)20-17(13-33-14-26(28,29)25(2,3)18(33)9-10-19(34)35)31-22(23-30-11-12-38-23)32-21(20)15-7-5-6-8-16(15)27;1-24(2)17(6-7-18(34)35)33(12-25(24,28)29)11-16-19(23(36)37-3)20(14-5-4-13(26)10-15(14)27)32-21(31-16)22-30-8-9-38-22/h5-6,9-11,18,21H,4,7-8,12-13H2,1-3H3,(H,32,33)(H,35,36);5-8,11-12,18,21H,4,9-10,13-14H2,1-3H3,(H,31,32)(H,34,35);4-5,8-10,17,20H,6-7,11-12H2,1-3H3,(H,31,32)(H,34,35)/t2*18-,21-;17-,20-/m000/s1. The first kappa shape index (κ1) is 89.3. The molecule has 12 rings (SSSR count). The van der Waals surface area contributed by atoms with Crippen LogP contribution in [0.1, 0.15) is 144 Å². The molecule has 24 nitrogen and oxygen atoms in total. The molecule has 3 fully saturated rings. The van der Waals surface area contributed by atoms with E-state index in [1.54, 1.807) is 102 Å². The highest BCUT2D eigenvalue weighted by molar-refractivity contribution is 7.12. The molecule has 618 valence electrons. The zero-order valence-corrected chi connectivity index (χ0v) is 69.8.